The van der Waals surface area contributed by atoms with Gasteiger partial charge in [0.1, 0.15) is 10.3 Å². The SMILES string of the molecule is CCN1C[C@@]2(C(=O)O)CN(C(=O)c3sc(NC)nc3C)C[C@H]2C1=O. The van der Waals surface area contributed by atoms with Crippen molar-refractivity contribution in [3.05, 3.63) is 10.6 Å². The lowest BCUT2D eigenvalue weighted by Gasteiger charge is -2.24. The van der Waals surface area contributed by atoms with Crippen LogP contribution < -0.4 is 5.32 Å². The Morgan fingerprint density at radius 2 is 2.17 bits per heavy atom. The molecule has 9 heteroatoms. The van der Waals surface area contributed by atoms with Gasteiger partial charge in [0.15, 0.2) is 5.13 Å². The Morgan fingerprint density at radius 1 is 1.46 bits per heavy atom. The van der Waals surface area contributed by atoms with E-state index in [1.54, 1.807) is 18.9 Å². The van der Waals surface area contributed by atoms with Gasteiger partial charge in [0, 0.05) is 33.2 Å². The predicted molar refractivity (Wildman–Crippen MR) is 88.1 cm³/mol. The quantitative estimate of drug-likeness (QED) is 0.818. The van der Waals surface area contributed by atoms with E-state index in [9.17, 15) is 19.5 Å². The van der Waals surface area contributed by atoms with E-state index in [4.69, 9.17) is 0 Å². The molecule has 1 aromatic rings. The Morgan fingerprint density at radius 3 is 2.67 bits per heavy atom. The molecule has 2 aliphatic heterocycles. The van der Waals surface area contributed by atoms with Crippen LogP contribution in [-0.4, -0.2) is 70.9 Å². The topological polar surface area (TPSA) is 103 Å². The number of carboxylic acids is 1. The van der Waals surface area contributed by atoms with E-state index in [0.29, 0.717) is 22.2 Å². The number of nitrogens with zero attached hydrogens (tertiary/aromatic N) is 3. The first-order valence-electron chi connectivity index (χ1n) is 7.80. The molecule has 0 bridgehead atoms. The zero-order chi connectivity index (χ0) is 17.6. The number of anilines is 1. The standard InChI is InChI=1S/C15H20N4O4S/c1-4-18-6-15(13(22)23)7-19(5-9(15)11(18)20)12(21)10-8(2)17-14(16-3)24-10/h9H,4-7H2,1-3H3,(H,16,17)(H,22,23)/t9-,15+/m0/s1. The molecule has 2 fully saturated rings. The van der Waals surface area contributed by atoms with Crippen LogP contribution >= 0.6 is 11.3 Å². The van der Waals surface area contributed by atoms with Crippen LogP contribution in [0.15, 0.2) is 0 Å². The van der Waals surface area contributed by atoms with E-state index in [1.807, 2.05) is 6.92 Å². The highest BCUT2D eigenvalue weighted by Gasteiger charge is 2.62. The van der Waals surface area contributed by atoms with E-state index < -0.39 is 17.3 Å². The summed E-state index contributed by atoms with van der Waals surface area (Å²) in [6.07, 6.45) is 0. The zero-order valence-corrected chi connectivity index (χ0v) is 14.6. The average molecular weight is 352 g/mol. The maximum Gasteiger partial charge on any atom is 0.314 e. The molecule has 24 heavy (non-hydrogen) atoms. The number of carbonyl (C=O) groups is 3. The van der Waals surface area contributed by atoms with Crippen molar-refractivity contribution in [3.8, 4) is 0 Å². The number of nitrogens with one attached hydrogen (secondary N) is 1. The number of aromatic nitrogens is 1. The molecule has 1 aromatic heterocycles. The van der Waals surface area contributed by atoms with Gasteiger partial charge in [-0.1, -0.05) is 11.3 Å². The summed E-state index contributed by atoms with van der Waals surface area (Å²) in [6.45, 7) is 4.43. The van der Waals surface area contributed by atoms with Crippen molar-refractivity contribution in [2.45, 2.75) is 13.8 Å². The fraction of sp³-hybridized carbons (Fsp3) is 0.600. The van der Waals surface area contributed by atoms with Crippen molar-refractivity contribution in [2.24, 2.45) is 11.3 Å². The number of thiazole rings is 1. The van der Waals surface area contributed by atoms with Crippen molar-refractivity contribution >= 4 is 34.3 Å². The highest BCUT2D eigenvalue weighted by molar-refractivity contribution is 7.17. The Hall–Kier alpha value is -2.16. The second-order valence-electron chi connectivity index (χ2n) is 6.24. The van der Waals surface area contributed by atoms with Gasteiger partial charge in [-0.3, -0.25) is 14.4 Å². The fourth-order valence-electron chi connectivity index (χ4n) is 3.58. The molecular formula is C15H20N4O4S. The van der Waals surface area contributed by atoms with Gasteiger partial charge in [-0.05, 0) is 13.8 Å². The Labute approximate surface area is 143 Å². The average Bonchev–Trinajstić information content (AvgIpc) is 3.19. The van der Waals surface area contributed by atoms with Crippen molar-refractivity contribution < 1.29 is 19.5 Å². The molecular weight excluding hydrogens is 332 g/mol. The van der Waals surface area contributed by atoms with Gasteiger partial charge in [-0.15, -0.1) is 0 Å². The summed E-state index contributed by atoms with van der Waals surface area (Å²) in [5, 5.41) is 13.3. The molecule has 0 saturated carbocycles. The number of aryl methyl sites for hydroxylation is 1. The van der Waals surface area contributed by atoms with Gasteiger partial charge in [-0.25, -0.2) is 4.98 Å². The van der Waals surface area contributed by atoms with Gasteiger partial charge in [-0.2, -0.15) is 0 Å². The molecule has 0 aromatic carbocycles. The predicted octanol–water partition coefficient (Wildman–Crippen LogP) is 0.498. The number of aliphatic carboxylic acids is 1. The van der Waals surface area contributed by atoms with E-state index in [-0.39, 0.29) is 31.4 Å². The van der Waals surface area contributed by atoms with E-state index in [1.165, 1.54) is 16.2 Å². The number of fused-ring (bicyclic) bond motifs is 1. The largest absolute Gasteiger partial charge is 0.481 e. The third-order valence-corrected chi connectivity index (χ3v) is 6.09. The molecule has 2 aliphatic rings. The molecule has 2 amide bonds. The van der Waals surface area contributed by atoms with E-state index >= 15 is 0 Å². The third-order valence-electron chi connectivity index (χ3n) is 4.93. The van der Waals surface area contributed by atoms with Crippen molar-refractivity contribution in [1.82, 2.24) is 14.8 Å². The maximum atomic E-state index is 12.8. The van der Waals surface area contributed by atoms with Crippen LogP contribution in [0.4, 0.5) is 5.13 Å². The number of carboxylic acid groups (broad SMARTS) is 1. The van der Waals surface area contributed by atoms with E-state index in [0.717, 1.165) is 0 Å². The minimum absolute atomic E-state index is 0.0559. The molecule has 0 aliphatic carbocycles. The highest BCUT2D eigenvalue weighted by atomic mass is 32.1. The number of rotatable bonds is 4. The Kier molecular flexibility index (Phi) is 3.98. The van der Waals surface area contributed by atoms with Gasteiger partial charge in [0.25, 0.3) is 5.91 Å². The summed E-state index contributed by atoms with van der Waals surface area (Å²) in [6, 6.07) is 0. The van der Waals surface area contributed by atoms with Crippen molar-refractivity contribution in [2.75, 3.05) is 38.5 Å². The van der Waals surface area contributed by atoms with Crippen LogP contribution in [0.25, 0.3) is 0 Å². The van der Waals surface area contributed by atoms with Gasteiger partial charge < -0.3 is 20.2 Å². The Balaban J connectivity index is 1.88. The van der Waals surface area contributed by atoms with Gasteiger partial charge in [0.05, 0.1) is 11.6 Å². The normalized spacial score (nSPS) is 26.0. The molecule has 2 saturated heterocycles. The number of hydrogen-bond acceptors (Lipinski definition) is 6. The van der Waals surface area contributed by atoms with Crippen molar-refractivity contribution in [1.29, 1.82) is 0 Å². The monoisotopic (exact) mass is 352 g/mol. The number of likely N-dealkylation sites (tertiary alicyclic amines) is 2. The molecule has 3 rings (SSSR count). The molecule has 2 atom stereocenters. The molecule has 0 radical (unpaired) electrons. The first-order valence-corrected chi connectivity index (χ1v) is 8.62. The number of carbonyl (C=O) groups excluding carboxylic acids is 2. The van der Waals surface area contributed by atoms with Crippen LogP contribution in [-0.2, 0) is 9.59 Å². The lowest BCUT2D eigenvalue weighted by atomic mass is 9.81. The fourth-order valence-corrected chi connectivity index (χ4v) is 4.46. The molecule has 0 unspecified atom stereocenters. The summed E-state index contributed by atoms with van der Waals surface area (Å²) in [5.74, 6) is -2.11. The summed E-state index contributed by atoms with van der Waals surface area (Å²) in [4.78, 5) is 45.0. The summed E-state index contributed by atoms with van der Waals surface area (Å²) < 4.78 is 0. The molecule has 3 heterocycles. The van der Waals surface area contributed by atoms with Crippen LogP contribution in [0.2, 0.25) is 0 Å². The van der Waals surface area contributed by atoms with Crippen LogP contribution in [0.3, 0.4) is 0 Å². The van der Waals surface area contributed by atoms with Crippen molar-refractivity contribution in [3.63, 3.8) is 0 Å². The number of hydrogen-bond donors (Lipinski definition) is 2. The van der Waals surface area contributed by atoms with Crippen LogP contribution in [0.1, 0.15) is 22.3 Å². The third kappa shape index (κ3) is 2.26. The minimum atomic E-state index is -1.20. The van der Waals surface area contributed by atoms with Crippen LogP contribution in [0, 0.1) is 18.3 Å². The van der Waals surface area contributed by atoms with Gasteiger partial charge >= 0.3 is 5.97 Å². The first kappa shape index (κ1) is 16.7. The minimum Gasteiger partial charge on any atom is -0.481 e. The summed E-state index contributed by atoms with van der Waals surface area (Å²) in [7, 11) is 1.73. The second-order valence-corrected chi connectivity index (χ2v) is 7.23. The summed E-state index contributed by atoms with van der Waals surface area (Å²) >= 11 is 1.24. The Bertz CT molecular complexity index is 718. The van der Waals surface area contributed by atoms with Gasteiger partial charge in [0.2, 0.25) is 5.91 Å². The maximum absolute atomic E-state index is 12.8. The van der Waals surface area contributed by atoms with Crippen LogP contribution in [0.5, 0.6) is 0 Å². The lowest BCUT2D eigenvalue weighted by Crippen LogP contribution is -2.42. The molecule has 8 nitrogen and oxygen atoms in total. The molecule has 130 valence electrons. The second kappa shape index (κ2) is 5.73. The highest BCUT2D eigenvalue weighted by Crippen LogP contribution is 2.44. The smallest absolute Gasteiger partial charge is 0.314 e. The molecule has 0 spiro atoms. The van der Waals surface area contributed by atoms with E-state index in [2.05, 4.69) is 10.3 Å². The lowest BCUT2D eigenvalue weighted by molar-refractivity contribution is -0.149. The zero-order valence-electron chi connectivity index (χ0n) is 13.8. The number of amides is 2. The first-order chi connectivity index (χ1) is 11.3. The summed E-state index contributed by atoms with van der Waals surface area (Å²) in [5.41, 5.74) is -0.593. The molecule has 2 N–H and O–H groups in total.